The van der Waals surface area contributed by atoms with Gasteiger partial charge in [0.25, 0.3) is 0 Å². The number of halogens is 1. The largest absolute Gasteiger partial charge is 0.398 e. The molecule has 0 bridgehead atoms. The maximum absolute atomic E-state index is 13.8. The van der Waals surface area contributed by atoms with E-state index in [0.717, 1.165) is 13.1 Å². The minimum Gasteiger partial charge on any atom is -0.398 e. The Morgan fingerprint density at radius 1 is 1.42 bits per heavy atom. The van der Waals surface area contributed by atoms with Crippen molar-refractivity contribution < 1.29 is 9.18 Å². The minimum absolute atomic E-state index is 0.00931. The van der Waals surface area contributed by atoms with Gasteiger partial charge in [-0.15, -0.1) is 0 Å². The van der Waals surface area contributed by atoms with E-state index in [2.05, 4.69) is 10.2 Å². The number of nitrogens with zero attached hydrogens (tertiary/aromatic N) is 2. The summed E-state index contributed by atoms with van der Waals surface area (Å²) >= 11 is 0. The number of rotatable bonds is 2. The third-order valence-corrected chi connectivity index (χ3v) is 3.85. The first-order valence-electron chi connectivity index (χ1n) is 6.45. The third-order valence-electron chi connectivity index (χ3n) is 3.85. The maximum atomic E-state index is 13.8. The van der Waals surface area contributed by atoms with E-state index in [-0.39, 0.29) is 17.9 Å². The van der Waals surface area contributed by atoms with Crippen molar-refractivity contribution in [3.05, 3.63) is 29.6 Å². The highest BCUT2D eigenvalue weighted by Crippen LogP contribution is 2.21. The Hall–Kier alpha value is -1.82. The molecule has 2 saturated heterocycles. The minimum atomic E-state index is -0.261. The second-order valence-electron chi connectivity index (χ2n) is 5.08. The van der Waals surface area contributed by atoms with Gasteiger partial charge in [0.2, 0.25) is 0 Å². The summed E-state index contributed by atoms with van der Waals surface area (Å²) in [6.45, 7) is 3.36. The van der Waals surface area contributed by atoms with Crippen LogP contribution in [-0.2, 0) is 6.54 Å². The molecule has 2 aliphatic rings. The number of nitrogens with one attached hydrogen (secondary N) is 1. The van der Waals surface area contributed by atoms with Gasteiger partial charge in [0.1, 0.15) is 5.82 Å². The highest BCUT2D eigenvalue weighted by molar-refractivity contribution is 5.77. The van der Waals surface area contributed by atoms with Crippen LogP contribution in [0.15, 0.2) is 18.2 Å². The fourth-order valence-electron chi connectivity index (χ4n) is 2.78. The second-order valence-corrected chi connectivity index (χ2v) is 5.08. The first kappa shape index (κ1) is 12.2. The van der Waals surface area contributed by atoms with Crippen molar-refractivity contribution >= 4 is 11.7 Å². The highest BCUT2D eigenvalue weighted by atomic mass is 19.1. The summed E-state index contributed by atoms with van der Waals surface area (Å²) in [5.41, 5.74) is 6.86. The summed E-state index contributed by atoms with van der Waals surface area (Å²) in [4.78, 5) is 15.5. The Morgan fingerprint density at radius 2 is 2.26 bits per heavy atom. The number of carbonyl (C=O) groups excluding carboxylic acids is 1. The quantitative estimate of drug-likeness (QED) is 0.770. The predicted molar refractivity (Wildman–Crippen MR) is 70.0 cm³/mol. The van der Waals surface area contributed by atoms with E-state index in [0.29, 0.717) is 30.9 Å². The highest BCUT2D eigenvalue weighted by Gasteiger charge is 2.35. The number of nitrogen functional groups attached to an aromatic ring is 1. The molecular formula is C13H17FN4O. The molecule has 2 aliphatic heterocycles. The monoisotopic (exact) mass is 264 g/mol. The van der Waals surface area contributed by atoms with Gasteiger partial charge in [-0.1, -0.05) is 6.07 Å². The lowest BCUT2D eigenvalue weighted by Crippen LogP contribution is -2.51. The van der Waals surface area contributed by atoms with Crippen LogP contribution in [0, 0.1) is 5.82 Å². The number of carbonyl (C=O) groups is 1. The van der Waals surface area contributed by atoms with Gasteiger partial charge in [0.05, 0.1) is 6.04 Å². The van der Waals surface area contributed by atoms with E-state index in [9.17, 15) is 9.18 Å². The van der Waals surface area contributed by atoms with Crippen LogP contribution in [0.4, 0.5) is 14.9 Å². The Balaban J connectivity index is 1.70. The van der Waals surface area contributed by atoms with E-state index in [1.165, 1.54) is 6.07 Å². The van der Waals surface area contributed by atoms with Gasteiger partial charge in [-0.3, -0.25) is 4.90 Å². The molecule has 1 unspecified atom stereocenters. The number of urea groups is 1. The van der Waals surface area contributed by atoms with E-state index in [1.54, 1.807) is 12.1 Å². The zero-order valence-electron chi connectivity index (χ0n) is 10.6. The lowest BCUT2D eigenvalue weighted by atomic mass is 10.1. The summed E-state index contributed by atoms with van der Waals surface area (Å²) in [7, 11) is 0. The molecule has 2 amide bonds. The Kier molecular flexibility index (Phi) is 3.02. The van der Waals surface area contributed by atoms with Crippen molar-refractivity contribution in [1.29, 1.82) is 0 Å². The van der Waals surface area contributed by atoms with E-state index in [4.69, 9.17) is 5.73 Å². The topological polar surface area (TPSA) is 61.6 Å². The van der Waals surface area contributed by atoms with Crippen molar-refractivity contribution in [1.82, 2.24) is 15.1 Å². The van der Waals surface area contributed by atoms with Crippen LogP contribution in [0.5, 0.6) is 0 Å². The average Bonchev–Trinajstić information content (AvgIpc) is 2.76. The van der Waals surface area contributed by atoms with E-state index < -0.39 is 0 Å². The molecule has 3 N–H and O–H groups in total. The van der Waals surface area contributed by atoms with Crippen LogP contribution in [0.2, 0.25) is 0 Å². The molecule has 6 heteroatoms. The van der Waals surface area contributed by atoms with Gasteiger partial charge < -0.3 is 16.0 Å². The lowest BCUT2D eigenvalue weighted by molar-refractivity contribution is 0.116. The van der Waals surface area contributed by atoms with Gasteiger partial charge >= 0.3 is 6.03 Å². The molecule has 1 aromatic rings. The van der Waals surface area contributed by atoms with Crippen LogP contribution in [0.3, 0.4) is 0 Å². The molecule has 0 saturated carbocycles. The Bertz CT molecular complexity index is 487. The van der Waals surface area contributed by atoms with Gasteiger partial charge in [-0.25, -0.2) is 9.18 Å². The van der Waals surface area contributed by atoms with Gasteiger partial charge in [-0.05, 0) is 12.1 Å². The molecule has 2 fully saturated rings. The summed E-state index contributed by atoms with van der Waals surface area (Å²) < 4.78 is 13.8. The zero-order valence-corrected chi connectivity index (χ0v) is 10.6. The molecule has 0 spiro atoms. The van der Waals surface area contributed by atoms with Crippen LogP contribution in [0.25, 0.3) is 0 Å². The number of benzene rings is 1. The molecule has 3 rings (SSSR count). The number of hydrogen-bond acceptors (Lipinski definition) is 3. The standard InChI is InChI=1S/C13H17FN4O/c14-11-2-1-3-12(15)10(11)8-17-4-5-18-9(7-17)6-16-13(18)19/h1-3,9H,4-8,15H2,(H,16,19). The van der Waals surface area contributed by atoms with Crippen LogP contribution in [-0.4, -0.2) is 48.1 Å². The smallest absolute Gasteiger partial charge is 0.317 e. The number of hydrogen-bond donors (Lipinski definition) is 2. The fourth-order valence-corrected chi connectivity index (χ4v) is 2.78. The number of anilines is 1. The number of nitrogens with two attached hydrogens (primary N) is 1. The Morgan fingerprint density at radius 3 is 3.05 bits per heavy atom. The normalized spacial score (nSPS) is 23.3. The molecule has 0 radical (unpaired) electrons. The Labute approximate surface area is 111 Å². The van der Waals surface area contributed by atoms with Crippen molar-refractivity contribution in [3.8, 4) is 0 Å². The first-order valence-corrected chi connectivity index (χ1v) is 6.45. The summed E-state index contributed by atoms with van der Waals surface area (Å²) in [5.74, 6) is -0.261. The fraction of sp³-hybridized carbons (Fsp3) is 0.462. The summed E-state index contributed by atoms with van der Waals surface area (Å²) in [6, 6.07) is 4.97. The van der Waals surface area contributed by atoms with Gasteiger partial charge in [-0.2, -0.15) is 0 Å². The van der Waals surface area contributed by atoms with Crippen LogP contribution >= 0.6 is 0 Å². The molecular weight excluding hydrogens is 247 g/mol. The summed E-state index contributed by atoms with van der Waals surface area (Å²) in [6.07, 6.45) is 0. The molecule has 1 atom stereocenters. The van der Waals surface area contributed by atoms with E-state index >= 15 is 0 Å². The lowest BCUT2D eigenvalue weighted by Gasteiger charge is -2.36. The first-order chi connectivity index (χ1) is 9.15. The third kappa shape index (κ3) is 2.23. The number of piperazine rings is 1. The molecule has 1 aromatic carbocycles. The van der Waals surface area contributed by atoms with Crippen molar-refractivity contribution in [2.45, 2.75) is 12.6 Å². The van der Waals surface area contributed by atoms with Crippen molar-refractivity contribution in [3.63, 3.8) is 0 Å². The van der Waals surface area contributed by atoms with E-state index in [1.807, 2.05) is 4.90 Å². The predicted octanol–water partition coefficient (Wildman–Crippen LogP) is 0.617. The summed E-state index contributed by atoms with van der Waals surface area (Å²) in [5, 5.41) is 2.83. The van der Waals surface area contributed by atoms with Crippen molar-refractivity contribution in [2.24, 2.45) is 0 Å². The SMILES string of the molecule is Nc1cccc(F)c1CN1CCN2C(=O)NCC2C1. The van der Waals surface area contributed by atoms with Crippen LogP contribution < -0.4 is 11.1 Å². The number of fused-ring (bicyclic) bond motifs is 1. The molecule has 5 nitrogen and oxygen atoms in total. The molecule has 0 aliphatic carbocycles. The van der Waals surface area contributed by atoms with Crippen molar-refractivity contribution in [2.75, 3.05) is 31.9 Å². The molecule has 0 aromatic heterocycles. The molecule has 2 heterocycles. The van der Waals surface area contributed by atoms with Gasteiger partial charge in [0.15, 0.2) is 0 Å². The van der Waals surface area contributed by atoms with Gasteiger partial charge in [0, 0.05) is 44.0 Å². The second kappa shape index (κ2) is 4.70. The molecule has 102 valence electrons. The van der Waals surface area contributed by atoms with Crippen LogP contribution in [0.1, 0.15) is 5.56 Å². The zero-order chi connectivity index (χ0) is 13.4. The maximum Gasteiger partial charge on any atom is 0.317 e. The number of amides is 2. The average molecular weight is 264 g/mol. The molecule has 19 heavy (non-hydrogen) atoms.